The summed E-state index contributed by atoms with van der Waals surface area (Å²) in [5.41, 5.74) is 2.67. The average molecular weight is 451 g/mol. The first-order chi connectivity index (χ1) is 15.4. The minimum Gasteiger partial charge on any atom is -0.493 e. The van der Waals surface area contributed by atoms with Crippen LogP contribution < -0.4 is 19.1 Å². The molecule has 3 aromatic carbocycles. The molecule has 0 atom stereocenters. The predicted octanol–water partition coefficient (Wildman–Crippen LogP) is 4.32. The molecule has 0 saturated heterocycles. The Morgan fingerprint density at radius 3 is 2.47 bits per heavy atom. The number of benzene rings is 3. The number of sulfonamides is 1. The lowest BCUT2D eigenvalue weighted by atomic mass is 10.00. The lowest BCUT2D eigenvalue weighted by Gasteiger charge is -2.31. The molecule has 7 nitrogen and oxygen atoms in total. The molecule has 0 aliphatic carbocycles. The number of anilines is 2. The van der Waals surface area contributed by atoms with Gasteiger partial charge in [0.05, 0.1) is 31.3 Å². The molecule has 0 fully saturated rings. The van der Waals surface area contributed by atoms with Crippen molar-refractivity contribution in [3.8, 4) is 22.6 Å². The zero-order valence-corrected chi connectivity index (χ0v) is 18.5. The minimum atomic E-state index is -3.72. The molecule has 4 rings (SSSR count). The zero-order chi connectivity index (χ0) is 22.9. The molecule has 1 aliphatic heterocycles. The number of methoxy groups -OCH3 is 2. The lowest BCUT2D eigenvalue weighted by molar-refractivity contribution is 0.102. The van der Waals surface area contributed by atoms with Gasteiger partial charge in [0.2, 0.25) is 0 Å². The molecule has 32 heavy (non-hydrogen) atoms. The Morgan fingerprint density at radius 1 is 1.00 bits per heavy atom. The van der Waals surface area contributed by atoms with Crippen LogP contribution in [-0.4, -0.2) is 35.1 Å². The highest BCUT2D eigenvalue weighted by atomic mass is 32.2. The second-order valence-electron chi connectivity index (χ2n) is 7.08. The summed E-state index contributed by atoms with van der Waals surface area (Å²) < 4.78 is 38.0. The van der Waals surface area contributed by atoms with Crippen molar-refractivity contribution in [2.24, 2.45) is 0 Å². The normalized spacial score (nSPS) is 13.5. The Labute approximate surface area is 186 Å². The Morgan fingerprint density at radius 2 is 1.75 bits per heavy atom. The van der Waals surface area contributed by atoms with Gasteiger partial charge in [0, 0.05) is 28.4 Å². The van der Waals surface area contributed by atoms with Gasteiger partial charge >= 0.3 is 0 Å². The molecule has 0 radical (unpaired) electrons. The highest BCUT2D eigenvalue weighted by molar-refractivity contribution is 7.93. The van der Waals surface area contributed by atoms with E-state index in [2.05, 4.69) is 11.9 Å². The van der Waals surface area contributed by atoms with Crippen LogP contribution in [0.4, 0.5) is 11.4 Å². The van der Waals surface area contributed by atoms with Crippen molar-refractivity contribution in [1.29, 1.82) is 0 Å². The second-order valence-corrected chi connectivity index (χ2v) is 8.91. The first kappa shape index (κ1) is 21.5. The molecule has 1 aliphatic rings. The molecular formula is C24H22N2O5S. The third kappa shape index (κ3) is 3.58. The summed E-state index contributed by atoms with van der Waals surface area (Å²) in [4.78, 5) is 13.2. The van der Waals surface area contributed by atoms with Crippen LogP contribution in [0.2, 0.25) is 0 Å². The topological polar surface area (TPSA) is 84.9 Å². The van der Waals surface area contributed by atoms with E-state index in [1.54, 1.807) is 60.7 Å². The maximum Gasteiger partial charge on any atom is 0.265 e. The van der Waals surface area contributed by atoms with E-state index >= 15 is 0 Å². The maximum atomic E-state index is 13.1. The van der Waals surface area contributed by atoms with Crippen LogP contribution in [0.5, 0.6) is 11.5 Å². The number of carbonyl (C=O) groups excluding carboxylic acids is 1. The Bertz CT molecular complexity index is 1320. The number of amides is 1. The Balaban J connectivity index is 1.74. The summed E-state index contributed by atoms with van der Waals surface area (Å²) in [6.45, 7) is 3.80. The second kappa shape index (κ2) is 8.39. The van der Waals surface area contributed by atoms with Gasteiger partial charge in [0.25, 0.3) is 15.9 Å². The lowest BCUT2D eigenvalue weighted by Crippen LogP contribution is -2.34. The van der Waals surface area contributed by atoms with Gasteiger partial charge in [-0.3, -0.25) is 9.10 Å². The summed E-state index contributed by atoms with van der Waals surface area (Å²) in [6.07, 6.45) is 1.53. The summed E-state index contributed by atoms with van der Waals surface area (Å²) >= 11 is 0. The fourth-order valence-electron chi connectivity index (χ4n) is 3.70. The molecule has 0 spiro atoms. The van der Waals surface area contributed by atoms with Gasteiger partial charge < -0.3 is 14.8 Å². The number of nitrogens with zero attached hydrogens (tertiary/aromatic N) is 1. The molecular weight excluding hydrogens is 428 g/mol. The van der Waals surface area contributed by atoms with Gasteiger partial charge in [0.15, 0.2) is 11.5 Å². The number of ether oxygens (including phenoxy) is 2. The van der Waals surface area contributed by atoms with Crippen LogP contribution in [0.3, 0.4) is 0 Å². The first-order valence-corrected chi connectivity index (χ1v) is 11.2. The van der Waals surface area contributed by atoms with Crippen molar-refractivity contribution < 1.29 is 22.7 Å². The van der Waals surface area contributed by atoms with E-state index in [-0.39, 0.29) is 17.3 Å². The summed E-state index contributed by atoms with van der Waals surface area (Å²) in [7, 11) is -0.659. The SMILES string of the molecule is C=CCN1c2ccc(C(=O)Nc3ccc(OC)c(OC)c3)cc2-c2ccccc2S1(=O)=O. The van der Waals surface area contributed by atoms with E-state index in [1.807, 2.05) is 0 Å². The number of rotatable bonds is 6. The zero-order valence-electron chi connectivity index (χ0n) is 17.7. The molecule has 0 bridgehead atoms. The van der Waals surface area contributed by atoms with Crippen molar-refractivity contribution >= 4 is 27.3 Å². The van der Waals surface area contributed by atoms with E-state index < -0.39 is 10.0 Å². The number of fused-ring (bicyclic) bond motifs is 3. The van der Waals surface area contributed by atoms with Crippen LogP contribution in [0.1, 0.15) is 10.4 Å². The molecule has 164 valence electrons. The third-order valence-corrected chi connectivity index (χ3v) is 7.05. The molecule has 3 aromatic rings. The molecule has 0 saturated carbocycles. The fraction of sp³-hybridized carbons (Fsp3) is 0.125. The van der Waals surface area contributed by atoms with Crippen LogP contribution >= 0.6 is 0 Å². The first-order valence-electron chi connectivity index (χ1n) is 9.81. The third-order valence-electron chi connectivity index (χ3n) is 5.21. The number of hydrogen-bond acceptors (Lipinski definition) is 5. The van der Waals surface area contributed by atoms with E-state index in [0.29, 0.717) is 39.6 Å². The van der Waals surface area contributed by atoms with Gasteiger partial charge in [0.1, 0.15) is 0 Å². The van der Waals surface area contributed by atoms with E-state index in [9.17, 15) is 13.2 Å². The fourth-order valence-corrected chi connectivity index (χ4v) is 5.37. The predicted molar refractivity (Wildman–Crippen MR) is 124 cm³/mol. The molecule has 1 N–H and O–H groups in total. The average Bonchev–Trinajstić information content (AvgIpc) is 2.81. The quantitative estimate of drug-likeness (QED) is 0.566. The van der Waals surface area contributed by atoms with Crippen LogP contribution in [0, 0.1) is 0 Å². The number of carbonyl (C=O) groups is 1. The van der Waals surface area contributed by atoms with Gasteiger partial charge in [-0.25, -0.2) is 8.42 Å². The highest BCUT2D eigenvalue weighted by Gasteiger charge is 2.34. The smallest absolute Gasteiger partial charge is 0.265 e. The Hall–Kier alpha value is -3.78. The molecule has 0 aromatic heterocycles. The van der Waals surface area contributed by atoms with Gasteiger partial charge in [-0.05, 0) is 36.4 Å². The number of hydrogen-bond donors (Lipinski definition) is 1. The van der Waals surface area contributed by atoms with Gasteiger partial charge in [-0.1, -0.05) is 24.3 Å². The van der Waals surface area contributed by atoms with E-state index in [0.717, 1.165) is 0 Å². The van der Waals surface area contributed by atoms with Crippen LogP contribution in [0.25, 0.3) is 11.1 Å². The largest absolute Gasteiger partial charge is 0.493 e. The number of nitrogens with one attached hydrogen (secondary N) is 1. The van der Waals surface area contributed by atoms with Crippen molar-refractivity contribution in [2.75, 3.05) is 30.4 Å². The van der Waals surface area contributed by atoms with Crippen LogP contribution in [0.15, 0.2) is 78.2 Å². The molecule has 1 heterocycles. The maximum absolute atomic E-state index is 13.1. The molecule has 1 amide bonds. The standard InChI is InChI=1S/C24H22N2O5S/c1-4-13-26-20-11-9-16(14-19(20)18-7-5-6-8-23(18)32(26,28)29)24(27)25-17-10-12-21(30-2)22(15-17)31-3/h4-12,14-15H,1,13H2,2-3H3,(H,25,27). The monoisotopic (exact) mass is 450 g/mol. The summed E-state index contributed by atoms with van der Waals surface area (Å²) in [5, 5.41) is 2.85. The molecule has 0 unspecified atom stereocenters. The van der Waals surface area contributed by atoms with E-state index in [4.69, 9.17) is 9.47 Å². The van der Waals surface area contributed by atoms with Crippen molar-refractivity contribution in [3.05, 3.63) is 78.9 Å². The van der Waals surface area contributed by atoms with Crippen LogP contribution in [-0.2, 0) is 10.0 Å². The van der Waals surface area contributed by atoms with Gasteiger partial charge in [-0.15, -0.1) is 6.58 Å². The Kier molecular flexibility index (Phi) is 5.63. The minimum absolute atomic E-state index is 0.126. The molecule has 8 heteroatoms. The summed E-state index contributed by atoms with van der Waals surface area (Å²) in [5.74, 6) is 0.718. The van der Waals surface area contributed by atoms with E-state index in [1.165, 1.54) is 24.6 Å². The summed E-state index contributed by atoms with van der Waals surface area (Å²) in [6, 6.07) is 16.8. The van der Waals surface area contributed by atoms with Crippen molar-refractivity contribution in [3.63, 3.8) is 0 Å². The van der Waals surface area contributed by atoms with Gasteiger partial charge in [-0.2, -0.15) is 0 Å². The highest BCUT2D eigenvalue weighted by Crippen LogP contribution is 2.43. The van der Waals surface area contributed by atoms with Crippen molar-refractivity contribution in [1.82, 2.24) is 0 Å². The van der Waals surface area contributed by atoms with Crippen molar-refractivity contribution in [2.45, 2.75) is 4.90 Å².